The fourth-order valence-corrected chi connectivity index (χ4v) is 2.25. The van der Waals surface area contributed by atoms with E-state index < -0.39 is 4.92 Å². The molecule has 0 aromatic heterocycles. The summed E-state index contributed by atoms with van der Waals surface area (Å²) < 4.78 is 5.12. The molecule has 1 unspecified atom stereocenters. The van der Waals surface area contributed by atoms with Crippen molar-refractivity contribution in [3.63, 3.8) is 0 Å². The molecule has 0 spiro atoms. The average Bonchev–Trinajstić information content (AvgIpc) is 3.22. The molecule has 0 aliphatic heterocycles. The van der Waals surface area contributed by atoms with Gasteiger partial charge in [-0.15, -0.1) is 0 Å². The van der Waals surface area contributed by atoms with Crippen molar-refractivity contribution < 1.29 is 9.66 Å². The van der Waals surface area contributed by atoms with Crippen molar-refractivity contribution >= 4 is 11.4 Å². The first-order valence-corrected chi connectivity index (χ1v) is 6.31. The van der Waals surface area contributed by atoms with Crippen molar-refractivity contribution in [2.75, 3.05) is 19.0 Å². The number of nitro groups is 1. The Morgan fingerprint density at radius 2 is 2.26 bits per heavy atom. The standard InChI is InChI=1S/C13H19N3O3/c1-13(8-14,9-3-4-9)15-11-7-10(19-2)5-6-12(11)16(17)18/h5-7,9,15H,3-4,8,14H2,1-2H3. The monoisotopic (exact) mass is 265 g/mol. The third kappa shape index (κ3) is 2.78. The Morgan fingerprint density at radius 3 is 2.74 bits per heavy atom. The van der Waals surface area contributed by atoms with Gasteiger partial charge in [0.05, 0.1) is 12.0 Å². The second kappa shape index (κ2) is 5.05. The van der Waals surface area contributed by atoms with E-state index >= 15 is 0 Å². The predicted octanol–water partition coefficient (Wildman–Crippen LogP) is 2.14. The van der Waals surface area contributed by atoms with Crippen LogP contribution in [0.5, 0.6) is 5.75 Å². The molecular formula is C13H19N3O3. The molecule has 1 atom stereocenters. The van der Waals surface area contributed by atoms with Crippen LogP contribution in [0.1, 0.15) is 19.8 Å². The van der Waals surface area contributed by atoms with Gasteiger partial charge in [0.25, 0.3) is 5.69 Å². The highest BCUT2D eigenvalue weighted by Gasteiger charge is 2.41. The smallest absolute Gasteiger partial charge is 0.292 e. The number of rotatable bonds is 6. The highest BCUT2D eigenvalue weighted by molar-refractivity contribution is 5.65. The summed E-state index contributed by atoms with van der Waals surface area (Å²) in [5, 5.41) is 14.3. The molecule has 0 bridgehead atoms. The molecule has 1 aromatic carbocycles. The SMILES string of the molecule is COc1ccc([N+](=O)[O-])c(NC(C)(CN)C2CC2)c1. The summed E-state index contributed by atoms with van der Waals surface area (Å²) in [4.78, 5) is 10.7. The summed E-state index contributed by atoms with van der Waals surface area (Å²) in [5.74, 6) is 1.06. The fourth-order valence-electron chi connectivity index (χ4n) is 2.25. The van der Waals surface area contributed by atoms with Crippen molar-refractivity contribution in [2.24, 2.45) is 11.7 Å². The summed E-state index contributed by atoms with van der Waals surface area (Å²) in [7, 11) is 1.54. The van der Waals surface area contributed by atoms with Crippen LogP contribution in [-0.2, 0) is 0 Å². The van der Waals surface area contributed by atoms with Crippen molar-refractivity contribution in [3.05, 3.63) is 28.3 Å². The maximum Gasteiger partial charge on any atom is 0.292 e. The first-order valence-electron chi connectivity index (χ1n) is 6.31. The summed E-state index contributed by atoms with van der Waals surface area (Å²) in [6.45, 7) is 2.44. The Balaban J connectivity index is 2.33. The summed E-state index contributed by atoms with van der Waals surface area (Å²) in [5.41, 5.74) is 6.03. The zero-order chi connectivity index (χ0) is 14.0. The number of benzene rings is 1. The van der Waals surface area contributed by atoms with Crippen LogP contribution in [0.4, 0.5) is 11.4 Å². The van der Waals surface area contributed by atoms with Gasteiger partial charge in [0.1, 0.15) is 11.4 Å². The second-order valence-corrected chi connectivity index (χ2v) is 5.16. The molecule has 6 nitrogen and oxygen atoms in total. The number of methoxy groups -OCH3 is 1. The Morgan fingerprint density at radius 1 is 1.58 bits per heavy atom. The van der Waals surface area contributed by atoms with Crippen molar-refractivity contribution in [1.29, 1.82) is 0 Å². The van der Waals surface area contributed by atoms with Gasteiger partial charge in [-0.1, -0.05) is 0 Å². The highest BCUT2D eigenvalue weighted by Crippen LogP contribution is 2.42. The molecule has 1 fully saturated rings. The van der Waals surface area contributed by atoms with E-state index in [0.717, 1.165) is 12.8 Å². The molecule has 1 aliphatic rings. The fraction of sp³-hybridized carbons (Fsp3) is 0.538. The molecule has 1 saturated carbocycles. The van der Waals surface area contributed by atoms with Gasteiger partial charge in [-0.05, 0) is 31.7 Å². The molecule has 0 amide bonds. The topological polar surface area (TPSA) is 90.4 Å². The van der Waals surface area contributed by atoms with E-state index in [1.165, 1.54) is 13.2 Å². The number of nitrogens with two attached hydrogens (primary N) is 1. The third-order valence-electron chi connectivity index (χ3n) is 3.72. The van der Waals surface area contributed by atoms with E-state index in [-0.39, 0.29) is 11.2 Å². The predicted molar refractivity (Wildman–Crippen MR) is 73.5 cm³/mol. The summed E-state index contributed by atoms with van der Waals surface area (Å²) in [6.07, 6.45) is 2.22. The van der Waals surface area contributed by atoms with E-state index in [2.05, 4.69) is 5.32 Å². The highest BCUT2D eigenvalue weighted by atomic mass is 16.6. The molecular weight excluding hydrogens is 246 g/mol. The lowest BCUT2D eigenvalue weighted by Gasteiger charge is -2.30. The van der Waals surface area contributed by atoms with Gasteiger partial charge in [0.15, 0.2) is 0 Å². The van der Waals surface area contributed by atoms with Crippen LogP contribution in [-0.4, -0.2) is 24.1 Å². The maximum atomic E-state index is 11.1. The lowest BCUT2D eigenvalue weighted by atomic mass is 9.95. The van der Waals surface area contributed by atoms with Crippen LogP contribution in [0.2, 0.25) is 0 Å². The van der Waals surface area contributed by atoms with Crippen LogP contribution in [0.25, 0.3) is 0 Å². The van der Waals surface area contributed by atoms with Gasteiger partial charge in [0, 0.05) is 24.2 Å². The minimum Gasteiger partial charge on any atom is -0.497 e. The lowest BCUT2D eigenvalue weighted by Crippen LogP contribution is -2.44. The summed E-state index contributed by atoms with van der Waals surface area (Å²) >= 11 is 0. The first kappa shape index (κ1) is 13.6. The normalized spacial score (nSPS) is 17.6. The molecule has 6 heteroatoms. The van der Waals surface area contributed by atoms with Gasteiger partial charge in [-0.2, -0.15) is 0 Å². The molecule has 3 N–H and O–H groups in total. The maximum absolute atomic E-state index is 11.1. The van der Waals surface area contributed by atoms with Gasteiger partial charge in [0.2, 0.25) is 0 Å². The number of anilines is 1. The van der Waals surface area contributed by atoms with Gasteiger partial charge < -0.3 is 15.8 Å². The zero-order valence-electron chi connectivity index (χ0n) is 11.2. The minimum absolute atomic E-state index is 0.0427. The van der Waals surface area contributed by atoms with Crippen molar-refractivity contribution in [2.45, 2.75) is 25.3 Å². The molecule has 19 heavy (non-hydrogen) atoms. The lowest BCUT2D eigenvalue weighted by molar-refractivity contribution is -0.384. The van der Waals surface area contributed by atoms with Crippen LogP contribution in [0.15, 0.2) is 18.2 Å². The largest absolute Gasteiger partial charge is 0.497 e. The first-order chi connectivity index (χ1) is 9.00. The minimum atomic E-state index is -0.397. The number of nitrogens with zero attached hydrogens (tertiary/aromatic N) is 1. The average molecular weight is 265 g/mol. The molecule has 1 aliphatic carbocycles. The van der Waals surface area contributed by atoms with Gasteiger partial charge >= 0.3 is 0 Å². The molecule has 1 aromatic rings. The number of hydrogen-bond acceptors (Lipinski definition) is 5. The quantitative estimate of drug-likeness (QED) is 0.607. The van der Waals surface area contributed by atoms with Gasteiger partial charge in [-0.25, -0.2) is 0 Å². The third-order valence-corrected chi connectivity index (χ3v) is 3.72. The number of nitrogens with one attached hydrogen (secondary N) is 1. The van der Waals surface area contributed by atoms with Gasteiger partial charge in [-0.3, -0.25) is 10.1 Å². The second-order valence-electron chi connectivity index (χ2n) is 5.16. The van der Waals surface area contributed by atoms with E-state index in [9.17, 15) is 10.1 Å². The van der Waals surface area contributed by atoms with Crippen molar-refractivity contribution in [3.8, 4) is 5.75 Å². The Kier molecular flexibility index (Phi) is 3.61. The Bertz CT molecular complexity index is 488. The molecule has 104 valence electrons. The Hall–Kier alpha value is -1.82. The molecule has 2 rings (SSSR count). The Labute approximate surface area is 112 Å². The van der Waals surface area contributed by atoms with E-state index in [1.54, 1.807) is 12.1 Å². The molecule has 0 heterocycles. The van der Waals surface area contributed by atoms with E-state index in [0.29, 0.717) is 23.9 Å². The number of hydrogen-bond donors (Lipinski definition) is 2. The van der Waals surface area contributed by atoms with E-state index in [4.69, 9.17) is 10.5 Å². The van der Waals surface area contributed by atoms with E-state index in [1.807, 2.05) is 6.92 Å². The molecule has 0 saturated heterocycles. The molecule has 0 radical (unpaired) electrons. The van der Waals surface area contributed by atoms with Crippen molar-refractivity contribution in [1.82, 2.24) is 0 Å². The summed E-state index contributed by atoms with van der Waals surface area (Å²) in [6, 6.07) is 4.68. The van der Waals surface area contributed by atoms with Crippen LogP contribution in [0.3, 0.4) is 0 Å². The number of nitro benzene ring substituents is 1. The zero-order valence-corrected chi connectivity index (χ0v) is 11.2. The van der Waals surface area contributed by atoms with Crippen LogP contribution in [0, 0.1) is 16.0 Å². The van der Waals surface area contributed by atoms with Crippen LogP contribution >= 0.6 is 0 Å². The number of ether oxygens (including phenoxy) is 1. The van der Waals surface area contributed by atoms with Crippen LogP contribution < -0.4 is 15.8 Å².